The Balaban J connectivity index is 2.83. The van der Waals surface area contributed by atoms with E-state index in [4.69, 9.17) is 21.2 Å². The van der Waals surface area contributed by atoms with Gasteiger partial charge >= 0.3 is 6.09 Å². The van der Waals surface area contributed by atoms with Crippen molar-refractivity contribution < 1.29 is 23.9 Å². The third kappa shape index (κ3) is 11.3. The molecule has 0 aliphatic rings. The van der Waals surface area contributed by atoms with Gasteiger partial charge in [0, 0.05) is 0 Å². The fourth-order valence-corrected chi connectivity index (χ4v) is 3.06. The lowest BCUT2D eigenvalue weighted by Crippen LogP contribution is -2.55. The minimum absolute atomic E-state index is 0.0638. The highest BCUT2D eigenvalue weighted by Crippen LogP contribution is 2.10. The molecule has 9 heteroatoms. The van der Waals surface area contributed by atoms with Gasteiger partial charge in [-0.15, -0.1) is 6.42 Å². The van der Waals surface area contributed by atoms with E-state index in [0.717, 1.165) is 5.56 Å². The summed E-state index contributed by atoms with van der Waals surface area (Å²) in [7, 11) is 0. The Labute approximate surface area is 201 Å². The number of carbonyl (C=O) groups is 3. The largest absolute Gasteiger partial charge is 0.445 e. The first-order valence-corrected chi connectivity index (χ1v) is 11.2. The number of nitrogens with zero attached hydrogens (tertiary/aromatic N) is 1. The molecule has 0 bridgehead atoms. The minimum atomic E-state index is -1.24. The van der Waals surface area contributed by atoms with Gasteiger partial charge in [-0.2, -0.15) is 5.26 Å². The Kier molecular flexibility index (Phi) is 12.8. The summed E-state index contributed by atoms with van der Waals surface area (Å²) in [6.45, 7) is 7.53. The second kappa shape index (κ2) is 15.3. The summed E-state index contributed by atoms with van der Waals surface area (Å²) in [5, 5.41) is 16.9. The van der Waals surface area contributed by atoms with Crippen LogP contribution in [0.2, 0.25) is 0 Å². The van der Waals surface area contributed by atoms with Gasteiger partial charge in [-0.05, 0) is 30.2 Å². The van der Waals surface area contributed by atoms with Gasteiger partial charge in [0.05, 0.1) is 0 Å². The van der Waals surface area contributed by atoms with Crippen LogP contribution >= 0.6 is 0 Å². The van der Waals surface area contributed by atoms with Gasteiger partial charge in [-0.25, -0.2) is 4.79 Å². The summed E-state index contributed by atoms with van der Waals surface area (Å²) in [5.74, 6) is 1.27. The SMILES string of the molecule is C#CCOC(C#N)NC(=O)C(CC(C)C)NC(=O)C(CC(C)C)NC(=O)OCc1ccccc1. The van der Waals surface area contributed by atoms with Gasteiger partial charge in [0.15, 0.2) is 0 Å². The number of hydrogen-bond donors (Lipinski definition) is 3. The number of alkyl carbamates (subject to hydrolysis) is 1. The molecule has 3 unspecified atom stereocenters. The fourth-order valence-electron chi connectivity index (χ4n) is 3.06. The number of benzene rings is 1. The van der Waals surface area contributed by atoms with E-state index in [0.29, 0.717) is 12.8 Å². The summed E-state index contributed by atoms with van der Waals surface area (Å²) in [4.78, 5) is 38.1. The maximum atomic E-state index is 13.0. The quantitative estimate of drug-likeness (QED) is 0.300. The molecule has 0 saturated heterocycles. The molecular weight excluding hydrogens is 436 g/mol. The molecule has 1 aromatic rings. The summed E-state index contributed by atoms with van der Waals surface area (Å²) < 4.78 is 10.3. The number of carbonyl (C=O) groups excluding carboxylic acids is 3. The number of nitrogens with one attached hydrogen (secondary N) is 3. The van der Waals surface area contributed by atoms with Crippen molar-refractivity contribution in [2.75, 3.05) is 6.61 Å². The van der Waals surface area contributed by atoms with Gasteiger partial charge in [-0.3, -0.25) is 9.59 Å². The van der Waals surface area contributed by atoms with Gasteiger partial charge in [0.2, 0.25) is 18.0 Å². The average Bonchev–Trinajstić information content (AvgIpc) is 2.79. The van der Waals surface area contributed by atoms with Gasteiger partial charge < -0.3 is 25.4 Å². The van der Waals surface area contributed by atoms with Gasteiger partial charge in [0.25, 0.3) is 0 Å². The van der Waals surface area contributed by atoms with Crippen molar-refractivity contribution in [3.8, 4) is 18.4 Å². The monoisotopic (exact) mass is 470 g/mol. The van der Waals surface area contributed by atoms with Crippen LogP contribution in [0.25, 0.3) is 0 Å². The zero-order valence-electron chi connectivity index (χ0n) is 20.2. The first-order valence-electron chi connectivity index (χ1n) is 11.2. The molecule has 34 heavy (non-hydrogen) atoms. The molecule has 0 aliphatic heterocycles. The van der Waals surface area contributed by atoms with Crippen LogP contribution in [-0.2, 0) is 25.7 Å². The zero-order chi connectivity index (χ0) is 25.5. The molecule has 3 amide bonds. The number of terminal acetylenes is 1. The van der Waals surface area contributed by atoms with Crippen molar-refractivity contribution in [3.05, 3.63) is 35.9 Å². The Morgan fingerprint density at radius 1 is 0.941 bits per heavy atom. The number of rotatable bonds is 13. The van der Waals surface area contributed by atoms with Crippen molar-refractivity contribution in [2.45, 2.75) is 65.5 Å². The lowest BCUT2D eigenvalue weighted by atomic mass is 10.00. The van der Waals surface area contributed by atoms with E-state index in [1.165, 1.54) is 0 Å². The molecule has 184 valence electrons. The molecule has 0 aromatic heterocycles. The van der Waals surface area contributed by atoms with Crippen molar-refractivity contribution >= 4 is 17.9 Å². The van der Waals surface area contributed by atoms with E-state index in [-0.39, 0.29) is 25.0 Å². The molecule has 1 aromatic carbocycles. The zero-order valence-corrected chi connectivity index (χ0v) is 20.2. The van der Waals surface area contributed by atoms with E-state index in [9.17, 15) is 14.4 Å². The van der Waals surface area contributed by atoms with E-state index in [1.54, 1.807) is 6.07 Å². The molecule has 3 atom stereocenters. The summed E-state index contributed by atoms with van der Waals surface area (Å²) >= 11 is 0. The lowest BCUT2D eigenvalue weighted by molar-refractivity contribution is -0.132. The molecule has 9 nitrogen and oxygen atoms in total. The Morgan fingerprint density at radius 3 is 2.03 bits per heavy atom. The molecule has 0 spiro atoms. The number of hydrogen-bond acceptors (Lipinski definition) is 6. The smallest absolute Gasteiger partial charge is 0.408 e. The molecule has 0 fully saturated rings. The molecule has 0 saturated carbocycles. The fraction of sp³-hybridized carbons (Fsp3) is 0.520. The number of ether oxygens (including phenoxy) is 2. The first-order chi connectivity index (χ1) is 16.2. The Bertz CT molecular complexity index is 874. The van der Waals surface area contributed by atoms with E-state index < -0.39 is 36.2 Å². The second-order valence-corrected chi connectivity index (χ2v) is 8.61. The van der Waals surface area contributed by atoms with E-state index >= 15 is 0 Å². The van der Waals surface area contributed by atoms with Crippen LogP contribution < -0.4 is 16.0 Å². The normalized spacial score (nSPS) is 13.2. The number of amides is 3. The van der Waals surface area contributed by atoms with Crippen molar-refractivity contribution in [1.82, 2.24) is 16.0 Å². The van der Waals surface area contributed by atoms with Gasteiger partial charge in [-0.1, -0.05) is 63.9 Å². The van der Waals surface area contributed by atoms with Crippen LogP contribution in [0.1, 0.15) is 46.1 Å². The van der Waals surface area contributed by atoms with Crippen LogP contribution in [0.4, 0.5) is 4.79 Å². The molecule has 1 rings (SSSR count). The van der Waals surface area contributed by atoms with E-state index in [2.05, 4.69) is 21.9 Å². The third-order valence-electron chi connectivity index (χ3n) is 4.59. The summed E-state index contributed by atoms with van der Waals surface area (Å²) in [6, 6.07) is 9.12. The van der Waals surface area contributed by atoms with Gasteiger partial charge in [0.1, 0.15) is 31.4 Å². The highest BCUT2D eigenvalue weighted by atomic mass is 16.5. The molecule has 0 radical (unpaired) electrons. The van der Waals surface area contributed by atoms with E-state index in [1.807, 2.05) is 58.0 Å². The van der Waals surface area contributed by atoms with Crippen LogP contribution in [0, 0.1) is 35.5 Å². The van der Waals surface area contributed by atoms with Crippen molar-refractivity contribution in [1.29, 1.82) is 5.26 Å². The third-order valence-corrected chi connectivity index (χ3v) is 4.59. The van der Waals surface area contributed by atoms with Crippen LogP contribution in [-0.4, -0.2) is 42.8 Å². The van der Waals surface area contributed by atoms with Crippen LogP contribution in [0.3, 0.4) is 0 Å². The maximum absolute atomic E-state index is 13.0. The topological polar surface area (TPSA) is 130 Å². The second-order valence-electron chi connectivity index (χ2n) is 8.61. The molecule has 0 heterocycles. The maximum Gasteiger partial charge on any atom is 0.408 e. The number of nitriles is 1. The highest BCUT2D eigenvalue weighted by molar-refractivity contribution is 5.91. The minimum Gasteiger partial charge on any atom is -0.445 e. The van der Waals surface area contributed by atoms with Crippen molar-refractivity contribution in [3.63, 3.8) is 0 Å². The highest BCUT2D eigenvalue weighted by Gasteiger charge is 2.29. The molecule has 0 aliphatic carbocycles. The lowest BCUT2D eigenvalue weighted by Gasteiger charge is -2.25. The summed E-state index contributed by atoms with van der Waals surface area (Å²) in [5.41, 5.74) is 0.815. The first kappa shape index (κ1) is 28.5. The standard InChI is InChI=1S/C25H34N4O5/c1-6-12-33-22(15-26)29-24(31)20(13-17(2)3)27-23(30)21(14-18(4)5)28-25(32)34-16-19-10-8-7-9-11-19/h1,7-11,17-18,20-22H,12-14,16H2,2-5H3,(H,27,30)(H,28,32)(H,29,31). The molecule has 3 N–H and O–H groups in total. The predicted molar refractivity (Wildman–Crippen MR) is 127 cm³/mol. The Morgan fingerprint density at radius 2 is 1.50 bits per heavy atom. The van der Waals surface area contributed by atoms with Crippen LogP contribution in [0.15, 0.2) is 30.3 Å². The van der Waals surface area contributed by atoms with Crippen molar-refractivity contribution in [2.24, 2.45) is 11.8 Å². The Hall–Kier alpha value is -3.56. The predicted octanol–water partition coefficient (Wildman–Crippen LogP) is 2.47. The summed E-state index contributed by atoms with van der Waals surface area (Å²) in [6.07, 6.45) is 3.80. The van der Waals surface area contributed by atoms with Crippen LogP contribution in [0.5, 0.6) is 0 Å². The molecular formula is C25H34N4O5. The average molecular weight is 471 g/mol.